The summed E-state index contributed by atoms with van der Waals surface area (Å²) in [4.78, 5) is 4.39. The third kappa shape index (κ3) is 4.33. The lowest BCUT2D eigenvalue weighted by Crippen LogP contribution is -2.00. The number of aromatic amines is 1. The average Bonchev–Trinajstić information content (AvgIpc) is 3.38. The topological polar surface area (TPSA) is 95.2 Å². The van der Waals surface area contributed by atoms with E-state index in [1.54, 1.807) is 0 Å². The Morgan fingerprint density at radius 3 is 2.69 bits per heavy atom. The van der Waals surface area contributed by atoms with Gasteiger partial charge in [0.1, 0.15) is 5.82 Å². The molecule has 0 spiro atoms. The number of nitrogens with zero attached hydrogens (tertiary/aromatic N) is 5. The monoisotopic (exact) mass is 383 g/mol. The van der Waals surface area contributed by atoms with Crippen LogP contribution in [0.4, 0.5) is 5.69 Å². The van der Waals surface area contributed by atoms with Crippen LogP contribution in [0, 0.1) is 18.3 Å². The van der Waals surface area contributed by atoms with Crippen molar-refractivity contribution in [2.45, 2.75) is 26.4 Å². The molecule has 144 valence electrons. The summed E-state index contributed by atoms with van der Waals surface area (Å²) in [5.41, 5.74) is 5.00. The molecule has 0 aliphatic heterocycles. The minimum absolute atomic E-state index is 0.431. The zero-order chi connectivity index (χ0) is 20.1. The van der Waals surface area contributed by atoms with Gasteiger partial charge in [-0.25, -0.2) is 4.98 Å². The van der Waals surface area contributed by atoms with E-state index in [0.29, 0.717) is 25.3 Å². The molecule has 4 rings (SSSR count). The quantitative estimate of drug-likeness (QED) is 0.499. The minimum Gasteiger partial charge on any atom is -0.381 e. The molecule has 0 atom stereocenters. The molecule has 0 bridgehead atoms. The van der Waals surface area contributed by atoms with E-state index in [2.05, 4.69) is 26.6 Å². The molecule has 0 fully saturated rings. The third-order valence-corrected chi connectivity index (χ3v) is 4.54. The summed E-state index contributed by atoms with van der Waals surface area (Å²) in [6, 6.07) is 20.3. The number of aromatic nitrogens is 5. The average molecular weight is 383 g/mol. The standard InChI is InChI=1S/C22H21N7/c1-16-25-22(27-26-16)18-9-5-10-20(13-18)24-14-19-15-29(12-6-11-23)28-21(19)17-7-3-2-4-8-17/h2-5,7-10,13,15,24H,6,12,14H2,1H3,(H,25,26,27). The van der Waals surface area contributed by atoms with E-state index in [-0.39, 0.29) is 0 Å². The second kappa shape index (κ2) is 8.40. The highest BCUT2D eigenvalue weighted by atomic mass is 15.3. The van der Waals surface area contributed by atoms with Gasteiger partial charge in [-0.05, 0) is 19.1 Å². The van der Waals surface area contributed by atoms with Crippen LogP contribution < -0.4 is 5.32 Å². The summed E-state index contributed by atoms with van der Waals surface area (Å²) in [5, 5.41) is 24.2. The minimum atomic E-state index is 0.431. The van der Waals surface area contributed by atoms with Gasteiger partial charge in [-0.3, -0.25) is 9.78 Å². The molecule has 0 aliphatic rings. The first-order valence-electron chi connectivity index (χ1n) is 9.45. The molecule has 7 heteroatoms. The second-order valence-corrected chi connectivity index (χ2v) is 6.72. The van der Waals surface area contributed by atoms with Crippen LogP contribution in [0.15, 0.2) is 60.8 Å². The summed E-state index contributed by atoms with van der Waals surface area (Å²) in [5.74, 6) is 1.47. The Kier molecular flexibility index (Phi) is 5.34. The summed E-state index contributed by atoms with van der Waals surface area (Å²) in [6.07, 6.45) is 2.44. The summed E-state index contributed by atoms with van der Waals surface area (Å²) in [7, 11) is 0. The van der Waals surface area contributed by atoms with Crippen molar-refractivity contribution < 1.29 is 0 Å². The number of rotatable bonds is 7. The second-order valence-electron chi connectivity index (χ2n) is 6.72. The molecule has 4 aromatic rings. The van der Waals surface area contributed by atoms with E-state index in [9.17, 15) is 0 Å². The van der Waals surface area contributed by atoms with Crippen LogP contribution in [0.3, 0.4) is 0 Å². The molecular formula is C22H21N7. The van der Waals surface area contributed by atoms with Gasteiger partial charge in [0.05, 0.1) is 24.7 Å². The van der Waals surface area contributed by atoms with Gasteiger partial charge < -0.3 is 5.32 Å². The summed E-state index contributed by atoms with van der Waals surface area (Å²) >= 11 is 0. The highest BCUT2D eigenvalue weighted by molar-refractivity contribution is 5.65. The van der Waals surface area contributed by atoms with E-state index < -0.39 is 0 Å². The van der Waals surface area contributed by atoms with Crippen LogP contribution in [-0.4, -0.2) is 25.0 Å². The third-order valence-electron chi connectivity index (χ3n) is 4.54. The Morgan fingerprint density at radius 1 is 1.10 bits per heavy atom. The van der Waals surface area contributed by atoms with E-state index in [1.165, 1.54) is 0 Å². The Hall–Kier alpha value is -3.92. The number of anilines is 1. The van der Waals surface area contributed by atoms with Gasteiger partial charge in [0.2, 0.25) is 0 Å². The first-order chi connectivity index (χ1) is 14.2. The van der Waals surface area contributed by atoms with Crippen molar-refractivity contribution in [3.63, 3.8) is 0 Å². The summed E-state index contributed by atoms with van der Waals surface area (Å²) < 4.78 is 1.84. The molecule has 2 aromatic heterocycles. The fourth-order valence-electron chi connectivity index (χ4n) is 3.15. The van der Waals surface area contributed by atoms with E-state index in [0.717, 1.165) is 33.9 Å². The highest BCUT2D eigenvalue weighted by Crippen LogP contribution is 2.24. The molecule has 0 radical (unpaired) electrons. The molecule has 2 aromatic carbocycles. The molecule has 0 unspecified atom stereocenters. The smallest absolute Gasteiger partial charge is 0.181 e. The number of H-pyrrole nitrogens is 1. The lowest BCUT2D eigenvalue weighted by atomic mass is 10.1. The van der Waals surface area contributed by atoms with Gasteiger partial charge in [0.25, 0.3) is 0 Å². The highest BCUT2D eigenvalue weighted by Gasteiger charge is 2.12. The maximum Gasteiger partial charge on any atom is 0.181 e. The fraction of sp³-hybridized carbons (Fsp3) is 0.182. The van der Waals surface area contributed by atoms with E-state index >= 15 is 0 Å². The molecule has 2 heterocycles. The Morgan fingerprint density at radius 2 is 1.93 bits per heavy atom. The molecule has 0 saturated heterocycles. The van der Waals surface area contributed by atoms with Gasteiger partial charge >= 0.3 is 0 Å². The fourth-order valence-corrected chi connectivity index (χ4v) is 3.15. The number of benzene rings is 2. The van der Waals surface area contributed by atoms with Crippen LogP contribution in [0.5, 0.6) is 0 Å². The largest absolute Gasteiger partial charge is 0.381 e. The van der Waals surface area contributed by atoms with Gasteiger partial charge in [-0.1, -0.05) is 42.5 Å². The zero-order valence-electron chi connectivity index (χ0n) is 16.1. The van der Waals surface area contributed by atoms with Crippen LogP contribution >= 0.6 is 0 Å². The van der Waals surface area contributed by atoms with Crippen LogP contribution in [0.25, 0.3) is 22.6 Å². The molecule has 0 amide bonds. The van der Waals surface area contributed by atoms with Crippen LogP contribution in [0.2, 0.25) is 0 Å². The predicted molar refractivity (Wildman–Crippen MR) is 112 cm³/mol. The first-order valence-corrected chi connectivity index (χ1v) is 9.45. The summed E-state index contributed by atoms with van der Waals surface area (Å²) in [6.45, 7) is 3.08. The molecule has 7 nitrogen and oxygen atoms in total. The Bertz CT molecular complexity index is 1140. The van der Waals surface area contributed by atoms with Crippen LogP contribution in [-0.2, 0) is 13.1 Å². The number of nitriles is 1. The maximum absolute atomic E-state index is 8.88. The van der Waals surface area contributed by atoms with Crippen molar-refractivity contribution >= 4 is 5.69 Å². The van der Waals surface area contributed by atoms with Crippen molar-refractivity contribution in [1.29, 1.82) is 5.26 Å². The lowest BCUT2D eigenvalue weighted by molar-refractivity contribution is 0.629. The zero-order valence-corrected chi connectivity index (χ0v) is 16.1. The lowest BCUT2D eigenvalue weighted by Gasteiger charge is -2.08. The molecule has 0 saturated carbocycles. The number of aryl methyl sites for hydroxylation is 2. The molecule has 0 aliphatic carbocycles. The Balaban J connectivity index is 1.56. The predicted octanol–water partition coefficient (Wildman–Crippen LogP) is 4.17. The van der Waals surface area contributed by atoms with Crippen molar-refractivity contribution in [3.8, 4) is 28.7 Å². The molecule has 29 heavy (non-hydrogen) atoms. The molecular weight excluding hydrogens is 362 g/mol. The molecule has 2 N–H and O–H groups in total. The normalized spacial score (nSPS) is 10.6. The van der Waals surface area contributed by atoms with Crippen molar-refractivity contribution in [3.05, 3.63) is 72.2 Å². The van der Waals surface area contributed by atoms with Crippen molar-refractivity contribution in [2.75, 3.05) is 5.32 Å². The van der Waals surface area contributed by atoms with Crippen molar-refractivity contribution in [2.24, 2.45) is 0 Å². The van der Waals surface area contributed by atoms with Gasteiger partial charge in [0, 0.05) is 35.1 Å². The number of hydrogen-bond donors (Lipinski definition) is 2. The van der Waals surface area contributed by atoms with E-state index in [4.69, 9.17) is 10.4 Å². The number of hydrogen-bond acceptors (Lipinski definition) is 5. The van der Waals surface area contributed by atoms with E-state index in [1.807, 2.05) is 72.4 Å². The van der Waals surface area contributed by atoms with Gasteiger partial charge in [-0.2, -0.15) is 15.5 Å². The maximum atomic E-state index is 8.88. The SMILES string of the molecule is Cc1nc(-c2cccc(NCc3cn(CCC#N)nc3-c3ccccc3)c2)n[nH]1. The van der Waals surface area contributed by atoms with Crippen molar-refractivity contribution in [1.82, 2.24) is 25.0 Å². The first kappa shape index (κ1) is 18.4. The Labute approximate surface area is 169 Å². The van der Waals surface area contributed by atoms with Gasteiger partial charge in [-0.15, -0.1) is 0 Å². The van der Waals surface area contributed by atoms with Gasteiger partial charge in [0.15, 0.2) is 5.82 Å². The number of nitrogens with one attached hydrogen (secondary N) is 2. The van der Waals surface area contributed by atoms with Crippen LogP contribution in [0.1, 0.15) is 17.8 Å².